The third-order valence-corrected chi connectivity index (χ3v) is 3.97. The van der Waals surface area contributed by atoms with E-state index < -0.39 is 0 Å². The van der Waals surface area contributed by atoms with E-state index in [2.05, 4.69) is 0 Å². The Labute approximate surface area is 135 Å². The van der Waals surface area contributed by atoms with Gasteiger partial charge in [-0.15, -0.1) is 0 Å². The minimum Gasteiger partial charge on any atom is -0.375 e. The molecule has 2 aromatic rings. The van der Waals surface area contributed by atoms with Crippen molar-refractivity contribution >= 4 is 11.7 Å². The van der Waals surface area contributed by atoms with Gasteiger partial charge in [-0.2, -0.15) is 0 Å². The molecular formula is C19H19NO3. The summed E-state index contributed by atoms with van der Waals surface area (Å²) in [4.78, 5) is 27.3. The molecule has 0 unspecified atom stereocenters. The molecule has 118 valence electrons. The summed E-state index contributed by atoms with van der Waals surface area (Å²) >= 11 is 0. The molecule has 1 atom stereocenters. The van der Waals surface area contributed by atoms with Crippen molar-refractivity contribution < 1.29 is 14.3 Å². The van der Waals surface area contributed by atoms with Gasteiger partial charge in [0.25, 0.3) is 5.91 Å². The van der Waals surface area contributed by atoms with Crippen molar-refractivity contribution in [3.63, 3.8) is 0 Å². The topological polar surface area (TPSA) is 46.6 Å². The number of carbonyl (C=O) groups excluding carboxylic acids is 2. The number of ether oxygens (including phenoxy) is 1. The number of carbonyl (C=O) groups is 2. The lowest BCUT2D eigenvalue weighted by atomic mass is 9.97. The van der Waals surface area contributed by atoms with Gasteiger partial charge in [0, 0.05) is 24.2 Å². The van der Waals surface area contributed by atoms with Crippen molar-refractivity contribution in [3.8, 4) is 0 Å². The van der Waals surface area contributed by atoms with Gasteiger partial charge in [-0.3, -0.25) is 9.59 Å². The molecule has 0 N–H and O–H groups in total. The molecule has 1 heterocycles. The molecule has 0 aliphatic carbocycles. The summed E-state index contributed by atoms with van der Waals surface area (Å²) in [7, 11) is 0. The lowest BCUT2D eigenvalue weighted by Gasteiger charge is -2.31. The van der Waals surface area contributed by atoms with Gasteiger partial charge in [0.05, 0.1) is 18.3 Å². The van der Waals surface area contributed by atoms with Gasteiger partial charge in [0.1, 0.15) is 0 Å². The van der Waals surface area contributed by atoms with Gasteiger partial charge in [-0.1, -0.05) is 48.5 Å². The summed E-state index contributed by atoms with van der Waals surface area (Å²) in [6.45, 7) is 3.58. The molecule has 1 amide bonds. The van der Waals surface area contributed by atoms with Crippen LogP contribution in [0.15, 0.2) is 54.6 Å². The van der Waals surface area contributed by atoms with E-state index in [0.717, 1.165) is 0 Å². The van der Waals surface area contributed by atoms with Gasteiger partial charge in [0.2, 0.25) is 0 Å². The predicted octanol–water partition coefficient (Wildman–Crippen LogP) is 2.78. The molecule has 0 radical (unpaired) electrons. The zero-order chi connectivity index (χ0) is 16.2. The second kappa shape index (κ2) is 6.75. The quantitative estimate of drug-likeness (QED) is 0.819. The zero-order valence-electron chi connectivity index (χ0n) is 13.1. The summed E-state index contributed by atoms with van der Waals surface area (Å²) in [5.74, 6) is -0.240. The van der Waals surface area contributed by atoms with Crippen LogP contribution in [-0.2, 0) is 4.74 Å². The summed E-state index contributed by atoms with van der Waals surface area (Å²) in [6, 6.07) is 16.0. The lowest BCUT2D eigenvalue weighted by Crippen LogP contribution is -2.44. The molecule has 4 nitrogen and oxygen atoms in total. The van der Waals surface area contributed by atoms with Crippen molar-refractivity contribution in [2.75, 3.05) is 19.7 Å². The molecular weight excluding hydrogens is 290 g/mol. The monoisotopic (exact) mass is 309 g/mol. The van der Waals surface area contributed by atoms with Gasteiger partial charge in [-0.25, -0.2) is 0 Å². The first-order chi connectivity index (χ1) is 11.2. The molecule has 1 fully saturated rings. The third kappa shape index (κ3) is 3.32. The maximum absolute atomic E-state index is 12.8. The lowest BCUT2D eigenvalue weighted by molar-refractivity contribution is -0.0124. The first kappa shape index (κ1) is 15.4. The van der Waals surface area contributed by atoms with Gasteiger partial charge in [-0.05, 0) is 13.0 Å². The standard InChI is InChI=1S/C19H19NO3/c1-14-13-20(11-12-23-14)19(22)17-10-6-5-9-16(17)18(21)15-7-3-2-4-8-15/h2-10,14H,11-13H2,1H3/t14-/m0/s1. The Morgan fingerprint density at radius 3 is 2.35 bits per heavy atom. The summed E-state index contributed by atoms with van der Waals surface area (Å²) in [5, 5.41) is 0. The Morgan fingerprint density at radius 1 is 1.00 bits per heavy atom. The maximum atomic E-state index is 12.8. The fourth-order valence-corrected chi connectivity index (χ4v) is 2.79. The van der Waals surface area contributed by atoms with Crippen LogP contribution < -0.4 is 0 Å². The van der Waals surface area contributed by atoms with Crippen LogP contribution in [0.25, 0.3) is 0 Å². The van der Waals surface area contributed by atoms with E-state index in [9.17, 15) is 9.59 Å². The number of nitrogens with zero attached hydrogens (tertiary/aromatic N) is 1. The Hall–Kier alpha value is -2.46. The molecule has 4 heteroatoms. The average Bonchev–Trinajstić information content (AvgIpc) is 2.61. The maximum Gasteiger partial charge on any atom is 0.254 e. The first-order valence-electron chi connectivity index (χ1n) is 7.76. The van der Waals surface area contributed by atoms with Crippen LogP contribution >= 0.6 is 0 Å². The van der Waals surface area contributed by atoms with Gasteiger partial charge < -0.3 is 9.64 Å². The van der Waals surface area contributed by atoms with Crippen molar-refractivity contribution in [1.29, 1.82) is 0 Å². The Kier molecular flexibility index (Phi) is 4.53. The van der Waals surface area contributed by atoms with E-state index >= 15 is 0 Å². The number of hydrogen-bond acceptors (Lipinski definition) is 3. The van der Waals surface area contributed by atoms with Gasteiger partial charge >= 0.3 is 0 Å². The Bertz CT molecular complexity index is 712. The summed E-state index contributed by atoms with van der Waals surface area (Å²) in [6.07, 6.45) is 0.0182. The first-order valence-corrected chi connectivity index (χ1v) is 7.76. The second-order valence-electron chi connectivity index (χ2n) is 5.67. The van der Waals surface area contributed by atoms with Crippen LogP contribution in [0.3, 0.4) is 0 Å². The number of benzene rings is 2. The van der Waals surface area contributed by atoms with E-state index in [0.29, 0.717) is 36.4 Å². The molecule has 0 saturated carbocycles. The fraction of sp³-hybridized carbons (Fsp3) is 0.263. The highest BCUT2D eigenvalue weighted by Gasteiger charge is 2.25. The highest BCUT2D eigenvalue weighted by atomic mass is 16.5. The minimum absolute atomic E-state index is 0.0182. The SMILES string of the molecule is C[C@H]1CN(C(=O)c2ccccc2C(=O)c2ccccc2)CCO1. The van der Waals surface area contributed by atoms with Crippen LogP contribution in [0, 0.1) is 0 Å². The van der Waals surface area contributed by atoms with Crippen LogP contribution in [0.4, 0.5) is 0 Å². The van der Waals surface area contributed by atoms with E-state index in [1.54, 1.807) is 41.3 Å². The van der Waals surface area contributed by atoms with Crippen LogP contribution in [0.2, 0.25) is 0 Å². The fourth-order valence-electron chi connectivity index (χ4n) is 2.79. The largest absolute Gasteiger partial charge is 0.375 e. The minimum atomic E-state index is -0.129. The molecule has 1 saturated heterocycles. The van der Waals surface area contributed by atoms with E-state index in [4.69, 9.17) is 4.74 Å². The molecule has 0 bridgehead atoms. The number of ketones is 1. The molecule has 1 aliphatic heterocycles. The van der Waals surface area contributed by atoms with Crippen LogP contribution in [0.1, 0.15) is 33.2 Å². The second-order valence-corrected chi connectivity index (χ2v) is 5.67. The highest BCUT2D eigenvalue weighted by Crippen LogP contribution is 2.18. The van der Waals surface area contributed by atoms with Gasteiger partial charge in [0.15, 0.2) is 5.78 Å². The molecule has 3 rings (SSSR count). The summed E-state index contributed by atoms with van der Waals surface area (Å²) < 4.78 is 5.48. The van der Waals surface area contributed by atoms with E-state index in [1.165, 1.54) is 0 Å². The number of amides is 1. The van der Waals surface area contributed by atoms with Crippen molar-refractivity contribution in [1.82, 2.24) is 4.90 Å². The highest BCUT2D eigenvalue weighted by molar-refractivity contribution is 6.15. The van der Waals surface area contributed by atoms with E-state index in [1.807, 2.05) is 25.1 Å². The summed E-state index contributed by atoms with van der Waals surface area (Å²) in [5.41, 5.74) is 1.49. The molecule has 1 aliphatic rings. The predicted molar refractivity (Wildman–Crippen MR) is 87.6 cm³/mol. The molecule has 2 aromatic carbocycles. The number of hydrogen-bond donors (Lipinski definition) is 0. The third-order valence-electron chi connectivity index (χ3n) is 3.97. The Balaban J connectivity index is 1.92. The van der Waals surface area contributed by atoms with Crippen LogP contribution in [0.5, 0.6) is 0 Å². The number of rotatable bonds is 3. The zero-order valence-corrected chi connectivity index (χ0v) is 13.1. The van der Waals surface area contributed by atoms with Crippen molar-refractivity contribution in [2.45, 2.75) is 13.0 Å². The molecule has 0 aromatic heterocycles. The molecule has 23 heavy (non-hydrogen) atoms. The Morgan fingerprint density at radius 2 is 1.65 bits per heavy atom. The normalized spacial score (nSPS) is 17.8. The number of morpholine rings is 1. The van der Waals surface area contributed by atoms with Crippen molar-refractivity contribution in [2.24, 2.45) is 0 Å². The average molecular weight is 309 g/mol. The van der Waals surface area contributed by atoms with Crippen molar-refractivity contribution in [3.05, 3.63) is 71.3 Å². The van der Waals surface area contributed by atoms with E-state index in [-0.39, 0.29) is 17.8 Å². The molecule has 0 spiro atoms. The van der Waals surface area contributed by atoms with Crippen LogP contribution in [-0.4, -0.2) is 42.4 Å². The smallest absolute Gasteiger partial charge is 0.254 e.